The van der Waals surface area contributed by atoms with Gasteiger partial charge in [-0.15, -0.1) is 0 Å². The molecule has 0 spiro atoms. The van der Waals surface area contributed by atoms with E-state index in [1.807, 2.05) is 0 Å². The van der Waals surface area contributed by atoms with Crippen molar-refractivity contribution in [1.82, 2.24) is 47.4 Å². The zero-order valence-electron chi connectivity index (χ0n) is 31.4. The van der Waals surface area contributed by atoms with Crippen molar-refractivity contribution < 1.29 is 47.9 Å². The van der Waals surface area contributed by atoms with E-state index in [0.717, 1.165) is 0 Å². The summed E-state index contributed by atoms with van der Waals surface area (Å²) in [6.45, 7) is 11.0. The van der Waals surface area contributed by atoms with Crippen molar-refractivity contribution in [2.75, 3.05) is 19.6 Å². The van der Waals surface area contributed by atoms with Gasteiger partial charge in [0.2, 0.25) is 59.1 Å². The molecule has 1 rings (SSSR count). The van der Waals surface area contributed by atoms with Gasteiger partial charge in [-0.25, -0.2) is 0 Å². The third kappa shape index (κ3) is 15.0. The van der Waals surface area contributed by atoms with E-state index in [-0.39, 0.29) is 12.5 Å². The lowest BCUT2D eigenvalue weighted by Gasteiger charge is -2.28. The molecule has 53 heavy (non-hydrogen) atoms. The first-order valence-corrected chi connectivity index (χ1v) is 17.3. The minimum atomic E-state index is -1.14. The number of carbonyl (C=O) groups excluding carboxylic acids is 10. The van der Waals surface area contributed by atoms with Gasteiger partial charge in [0.05, 0.1) is 19.1 Å². The lowest BCUT2D eigenvalue weighted by molar-refractivity contribution is -0.141. The zero-order chi connectivity index (χ0) is 40.7. The summed E-state index contributed by atoms with van der Waals surface area (Å²) in [7, 11) is 0. The van der Waals surface area contributed by atoms with E-state index in [1.54, 1.807) is 13.8 Å². The van der Waals surface area contributed by atoms with Gasteiger partial charge in [-0.2, -0.15) is 0 Å². The highest BCUT2D eigenvalue weighted by Gasteiger charge is 2.37. The maximum Gasteiger partial charge on any atom is 0.245 e. The van der Waals surface area contributed by atoms with Crippen LogP contribution in [0.3, 0.4) is 0 Å². The zero-order valence-corrected chi connectivity index (χ0v) is 31.4. The van der Waals surface area contributed by atoms with E-state index in [2.05, 4.69) is 42.5 Å². The van der Waals surface area contributed by atoms with Gasteiger partial charge >= 0.3 is 0 Å². The first-order valence-electron chi connectivity index (χ1n) is 17.3. The summed E-state index contributed by atoms with van der Waals surface area (Å²) in [6, 6.07) is -8.06. The molecule has 21 nitrogen and oxygen atoms in total. The van der Waals surface area contributed by atoms with Crippen LogP contribution in [-0.2, 0) is 47.9 Å². The SMILES string of the molecule is CC(C)[C@H](NC(=O)[C@H](C)NC(=O)CNC(=O)[C@@H]1CCCN1C(=O)[C@H](C)NC(=O)[C@H](C)NC(=O)[C@H](C)NC(=O)CNC(=O)[C@H](C)NC(=O)[C@H](C)N)C(N)=O. The third-order valence-electron chi connectivity index (χ3n) is 8.14. The molecule has 12 N–H and O–H groups in total. The molecular weight excluding hydrogens is 698 g/mol. The standard InChI is InChI=1S/C32H55N11O10/c1-14(2)24(25(34)46)42-30(51)18(6)38-23(45)13-36-31(52)21-10-9-11-43(21)32(53)20(8)41-29(50)19(7)40-28(49)17(5)37-22(44)12-35-27(48)16(4)39-26(47)15(3)33/h14-21,24H,9-13,33H2,1-8H3,(H2,34,46)(H,35,48)(H,36,52)(H,37,44)(H,38,45)(H,39,47)(H,40,49)(H,41,50)(H,42,51)/t15-,16-,17-,18-,19-,20-,21-,24-/m0/s1. The van der Waals surface area contributed by atoms with Gasteiger partial charge in [0.1, 0.15) is 42.3 Å². The second kappa shape index (κ2) is 21.2. The number of amides is 10. The Balaban J connectivity index is 2.58. The summed E-state index contributed by atoms with van der Waals surface area (Å²) in [5.41, 5.74) is 10.8. The van der Waals surface area contributed by atoms with Crippen LogP contribution in [0.1, 0.15) is 68.2 Å². The molecule has 298 valence electrons. The Morgan fingerprint density at radius 1 is 0.585 bits per heavy atom. The Bertz CT molecular complexity index is 1410. The molecule has 0 aromatic heterocycles. The smallest absolute Gasteiger partial charge is 0.245 e. The van der Waals surface area contributed by atoms with Crippen molar-refractivity contribution in [1.29, 1.82) is 0 Å². The van der Waals surface area contributed by atoms with Gasteiger partial charge in [0.15, 0.2) is 0 Å². The molecule has 0 bridgehead atoms. The molecule has 0 unspecified atom stereocenters. The predicted octanol–water partition coefficient (Wildman–Crippen LogP) is -5.29. The minimum absolute atomic E-state index is 0.210. The fourth-order valence-corrected chi connectivity index (χ4v) is 4.93. The molecule has 1 aliphatic heterocycles. The number of likely N-dealkylation sites (tertiary alicyclic amines) is 1. The Morgan fingerprint density at radius 3 is 1.51 bits per heavy atom. The van der Waals surface area contributed by atoms with Gasteiger partial charge < -0.3 is 58.9 Å². The van der Waals surface area contributed by atoms with Gasteiger partial charge in [0.25, 0.3) is 0 Å². The van der Waals surface area contributed by atoms with E-state index in [1.165, 1.54) is 46.4 Å². The molecule has 1 aliphatic rings. The van der Waals surface area contributed by atoms with Crippen LogP contribution in [0, 0.1) is 5.92 Å². The van der Waals surface area contributed by atoms with Crippen molar-refractivity contribution in [2.24, 2.45) is 17.4 Å². The number of hydrogen-bond acceptors (Lipinski definition) is 11. The maximum absolute atomic E-state index is 13.2. The van der Waals surface area contributed by atoms with Crippen LogP contribution in [0.4, 0.5) is 0 Å². The maximum atomic E-state index is 13.2. The van der Waals surface area contributed by atoms with E-state index in [4.69, 9.17) is 11.5 Å². The molecule has 0 aromatic rings. The Labute approximate surface area is 308 Å². The summed E-state index contributed by atoms with van der Waals surface area (Å²) in [5.74, 6) is -6.90. The molecular formula is C32H55N11O10. The summed E-state index contributed by atoms with van der Waals surface area (Å²) in [5, 5.41) is 19.3. The molecule has 10 amide bonds. The van der Waals surface area contributed by atoms with E-state index < -0.39 is 120 Å². The quantitative estimate of drug-likeness (QED) is 0.0594. The average molecular weight is 754 g/mol. The fraction of sp³-hybridized carbons (Fsp3) is 0.688. The number of carbonyl (C=O) groups is 10. The van der Waals surface area contributed by atoms with E-state index >= 15 is 0 Å². The van der Waals surface area contributed by atoms with Crippen LogP contribution >= 0.6 is 0 Å². The number of nitrogens with one attached hydrogen (secondary N) is 8. The topological polar surface area (TPSA) is 322 Å². The van der Waals surface area contributed by atoms with Crippen LogP contribution in [0.5, 0.6) is 0 Å². The van der Waals surface area contributed by atoms with Crippen molar-refractivity contribution >= 4 is 59.1 Å². The van der Waals surface area contributed by atoms with Gasteiger partial charge in [-0.1, -0.05) is 13.8 Å². The van der Waals surface area contributed by atoms with Crippen LogP contribution in [0.15, 0.2) is 0 Å². The highest BCUT2D eigenvalue weighted by Crippen LogP contribution is 2.18. The Morgan fingerprint density at radius 2 is 1.02 bits per heavy atom. The third-order valence-corrected chi connectivity index (χ3v) is 8.14. The molecule has 1 saturated heterocycles. The van der Waals surface area contributed by atoms with Crippen molar-refractivity contribution in [3.8, 4) is 0 Å². The van der Waals surface area contributed by atoms with Gasteiger partial charge in [-0.3, -0.25) is 47.9 Å². The van der Waals surface area contributed by atoms with E-state index in [9.17, 15) is 47.9 Å². The fourth-order valence-electron chi connectivity index (χ4n) is 4.93. The molecule has 1 heterocycles. The highest BCUT2D eigenvalue weighted by atomic mass is 16.2. The normalized spacial score (nSPS) is 17.7. The Hall–Kier alpha value is -5.34. The number of nitrogens with zero attached hydrogens (tertiary/aromatic N) is 1. The molecule has 1 fully saturated rings. The van der Waals surface area contributed by atoms with Crippen LogP contribution < -0.4 is 54.0 Å². The van der Waals surface area contributed by atoms with Crippen LogP contribution in [-0.4, -0.2) is 132 Å². The van der Waals surface area contributed by atoms with Gasteiger partial charge in [-0.05, 0) is 60.3 Å². The largest absolute Gasteiger partial charge is 0.368 e. The van der Waals surface area contributed by atoms with Crippen LogP contribution in [0.25, 0.3) is 0 Å². The van der Waals surface area contributed by atoms with Crippen LogP contribution in [0.2, 0.25) is 0 Å². The number of nitrogens with two attached hydrogens (primary N) is 2. The number of rotatable bonds is 19. The predicted molar refractivity (Wildman–Crippen MR) is 188 cm³/mol. The monoisotopic (exact) mass is 753 g/mol. The van der Waals surface area contributed by atoms with Crippen molar-refractivity contribution in [2.45, 2.75) is 117 Å². The average Bonchev–Trinajstić information content (AvgIpc) is 3.57. The molecule has 8 atom stereocenters. The Kier molecular flexibility index (Phi) is 18.3. The number of primary amides is 1. The molecule has 0 radical (unpaired) electrons. The second-order valence-electron chi connectivity index (χ2n) is 13.3. The molecule has 0 aromatic carbocycles. The highest BCUT2D eigenvalue weighted by molar-refractivity contribution is 5.97. The lowest BCUT2D eigenvalue weighted by atomic mass is 10.0. The number of hydrogen-bond donors (Lipinski definition) is 10. The van der Waals surface area contributed by atoms with Crippen molar-refractivity contribution in [3.05, 3.63) is 0 Å². The van der Waals surface area contributed by atoms with E-state index in [0.29, 0.717) is 12.8 Å². The van der Waals surface area contributed by atoms with Gasteiger partial charge in [0, 0.05) is 6.54 Å². The summed E-state index contributed by atoms with van der Waals surface area (Å²) in [4.78, 5) is 125. The molecule has 0 saturated carbocycles. The minimum Gasteiger partial charge on any atom is -0.368 e. The molecule has 0 aliphatic carbocycles. The van der Waals surface area contributed by atoms with Crippen molar-refractivity contribution in [3.63, 3.8) is 0 Å². The first-order chi connectivity index (χ1) is 24.6. The lowest BCUT2D eigenvalue weighted by Crippen LogP contribution is -2.57. The molecule has 21 heteroatoms. The first kappa shape index (κ1) is 45.7. The summed E-state index contributed by atoms with van der Waals surface area (Å²) >= 11 is 0. The summed E-state index contributed by atoms with van der Waals surface area (Å²) in [6.07, 6.45) is 0.777. The summed E-state index contributed by atoms with van der Waals surface area (Å²) < 4.78 is 0. The second-order valence-corrected chi connectivity index (χ2v) is 13.3.